The average Bonchev–Trinajstić information content (AvgIpc) is 2.69. The number of alkyl halides is 1. The highest BCUT2D eigenvalue weighted by Crippen LogP contribution is 2.35. The Hall–Kier alpha value is -2.51. The summed E-state index contributed by atoms with van der Waals surface area (Å²) < 4.78 is 5.31. The fourth-order valence-corrected chi connectivity index (χ4v) is 3.21. The smallest absolute Gasteiger partial charge is 0.118 e. The largest absolute Gasteiger partial charge is 0.497 e. The normalized spacial score (nSPS) is 11.8. The van der Waals surface area contributed by atoms with Crippen LogP contribution in [0.4, 0.5) is 0 Å². The second kappa shape index (κ2) is 8.55. The van der Waals surface area contributed by atoms with Gasteiger partial charge in [-0.05, 0) is 46.4 Å². The molecule has 0 aliphatic carbocycles. The van der Waals surface area contributed by atoms with E-state index >= 15 is 0 Å². The van der Waals surface area contributed by atoms with Gasteiger partial charge in [0.25, 0.3) is 0 Å². The molecule has 0 bridgehead atoms. The van der Waals surface area contributed by atoms with Crippen molar-refractivity contribution in [2.75, 3.05) is 13.0 Å². The lowest BCUT2D eigenvalue weighted by atomic mass is 9.88. The number of allylic oxidation sites excluding steroid dienone is 1. The molecule has 25 heavy (non-hydrogen) atoms. The van der Waals surface area contributed by atoms with Gasteiger partial charge in [-0.2, -0.15) is 0 Å². The number of benzene rings is 3. The number of ether oxygens (including phenoxy) is 1. The molecule has 0 aromatic heterocycles. The maximum Gasteiger partial charge on any atom is 0.118 e. The van der Waals surface area contributed by atoms with Crippen LogP contribution in [0.5, 0.6) is 5.75 Å². The SMILES string of the molecule is COc1ccc(/C(=C(/CCCl)c2ccccc2)c2ccccc2)cc1. The molecule has 126 valence electrons. The first-order valence-corrected chi connectivity index (χ1v) is 8.91. The Bertz CT molecular complexity index is 821. The van der Waals surface area contributed by atoms with Crippen LogP contribution in [0.25, 0.3) is 11.1 Å². The minimum Gasteiger partial charge on any atom is -0.497 e. The Morgan fingerprint density at radius 1 is 0.720 bits per heavy atom. The molecule has 0 radical (unpaired) electrons. The zero-order valence-electron chi connectivity index (χ0n) is 14.3. The zero-order valence-corrected chi connectivity index (χ0v) is 15.0. The molecule has 3 aromatic carbocycles. The number of rotatable bonds is 6. The number of hydrogen-bond acceptors (Lipinski definition) is 1. The molecule has 0 amide bonds. The van der Waals surface area contributed by atoms with Gasteiger partial charge in [0.1, 0.15) is 5.75 Å². The van der Waals surface area contributed by atoms with Crippen LogP contribution in [0.15, 0.2) is 84.9 Å². The third-order valence-corrected chi connectivity index (χ3v) is 4.40. The minimum absolute atomic E-state index is 0.580. The summed E-state index contributed by atoms with van der Waals surface area (Å²) in [5, 5.41) is 0. The van der Waals surface area contributed by atoms with E-state index in [4.69, 9.17) is 16.3 Å². The Kier molecular flexibility index (Phi) is 5.92. The van der Waals surface area contributed by atoms with Crippen LogP contribution in [0.1, 0.15) is 23.1 Å². The van der Waals surface area contributed by atoms with Crippen molar-refractivity contribution in [3.8, 4) is 5.75 Å². The van der Waals surface area contributed by atoms with E-state index in [2.05, 4.69) is 60.7 Å². The van der Waals surface area contributed by atoms with E-state index in [0.717, 1.165) is 17.7 Å². The van der Waals surface area contributed by atoms with Crippen molar-refractivity contribution in [2.24, 2.45) is 0 Å². The van der Waals surface area contributed by atoms with Crippen LogP contribution in [0.3, 0.4) is 0 Å². The second-order valence-corrected chi connectivity index (χ2v) is 6.13. The summed E-state index contributed by atoms with van der Waals surface area (Å²) in [4.78, 5) is 0. The molecule has 3 rings (SSSR count). The lowest BCUT2D eigenvalue weighted by molar-refractivity contribution is 0.415. The molecule has 0 spiro atoms. The molecular weight excluding hydrogens is 328 g/mol. The first-order chi connectivity index (χ1) is 12.3. The third kappa shape index (κ3) is 4.12. The molecule has 0 heterocycles. The predicted octanol–water partition coefficient (Wildman–Crippen LogP) is 6.28. The summed E-state index contributed by atoms with van der Waals surface area (Å²) in [5.74, 6) is 1.44. The Balaban J connectivity index is 2.23. The van der Waals surface area contributed by atoms with Crippen molar-refractivity contribution in [3.63, 3.8) is 0 Å². The van der Waals surface area contributed by atoms with Crippen molar-refractivity contribution >= 4 is 22.7 Å². The standard InChI is InChI=1S/C23H21ClO/c1-25-21-14-12-20(13-15-21)23(19-10-6-3-7-11-19)22(16-17-24)18-8-4-2-5-9-18/h2-15H,16-17H2,1H3/b23-22-. The maximum absolute atomic E-state index is 6.16. The lowest BCUT2D eigenvalue weighted by Crippen LogP contribution is -1.96. The van der Waals surface area contributed by atoms with Gasteiger partial charge in [0, 0.05) is 5.88 Å². The Morgan fingerprint density at radius 2 is 1.24 bits per heavy atom. The first-order valence-electron chi connectivity index (χ1n) is 8.38. The maximum atomic E-state index is 6.16. The van der Waals surface area contributed by atoms with Crippen LogP contribution in [-0.2, 0) is 0 Å². The van der Waals surface area contributed by atoms with Gasteiger partial charge in [0.05, 0.1) is 7.11 Å². The minimum atomic E-state index is 0.580. The Morgan fingerprint density at radius 3 is 1.76 bits per heavy atom. The van der Waals surface area contributed by atoms with Crippen LogP contribution >= 0.6 is 11.6 Å². The van der Waals surface area contributed by atoms with Crippen molar-refractivity contribution < 1.29 is 4.74 Å². The molecule has 0 saturated heterocycles. The van der Waals surface area contributed by atoms with Crippen LogP contribution < -0.4 is 4.74 Å². The van der Waals surface area contributed by atoms with Gasteiger partial charge in [0.2, 0.25) is 0 Å². The van der Waals surface area contributed by atoms with Crippen molar-refractivity contribution in [1.29, 1.82) is 0 Å². The highest BCUT2D eigenvalue weighted by atomic mass is 35.5. The van der Waals surface area contributed by atoms with E-state index in [1.165, 1.54) is 22.3 Å². The van der Waals surface area contributed by atoms with Gasteiger partial charge in [-0.1, -0.05) is 72.8 Å². The summed E-state index contributed by atoms with van der Waals surface area (Å²) in [6.07, 6.45) is 0.807. The molecule has 0 unspecified atom stereocenters. The molecular formula is C23H21ClO. The average molecular weight is 349 g/mol. The van der Waals surface area contributed by atoms with Gasteiger partial charge in [-0.3, -0.25) is 0 Å². The van der Waals surface area contributed by atoms with E-state index in [1.54, 1.807) is 7.11 Å². The highest BCUT2D eigenvalue weighted by molar-refractivity contribution is 6.18. The van der Waals surface area contributed by atoms with Crippen molar-refractivity contribution in [3.05, 3.63) is 102 Å². The van der Waals surface area contributed by atoms with Crippen molar-refractivity contribution in [2.45, 2.75) is 6.42 Å². The van der Waals surface area contributed by atoms with Crippen LogP contribution in [0.2, 0.25) is 0 Å². The van der Waals surface area contributed by atoms with E-state index < -0.39 is 0 Å². The summed E-state index contributed by atoms with van der Waals surface area (Å²) >= 11 is 6.16. The van der Waals surface area contributed by atoms with Gasteiger partial charge < -0.3 is 4.74 Å². The summed E-state index contributed by atoms with van der Waals surface area (Å²) in [7, 11) is 1.69. The van der Waals surface area contributed by atoms with E-state index in [9.17, 15) is 0 Å². The second-order valence-electron chi connectivity index (χ2n) is 5.75. The Labute approximate surface area is 154 Å². The fraction of sp³-hybridized carbons (Fsp3) is 0.130. The van der Waals surface area contributed by atoms with E-state index in [-0.39, 0.29) is 0 Å². The summed E-state index contributed by atoms with van der Waals surface area (Å²) in [6.45, 7) is 0. The lowest BCUT2D eigenvalue weighted by Gasteiger charge is -2.17. The van der Waals surface area contributed by atoms with Gasteiger partial charge in [-0.25, -0.2) is 0 Å². The van der Waals surface area contributed by atoms with Crippen LogP contribution in [-0.4, -0.2) is 13.0 Å². The molecule has 0 N–H and O–H groups in total. The van der Waals surface area contributed by atoms with Gasteiger partial charge in [0.15, 0.2) is 0 Å². The van der Waals surface area contributed by atoms with Gasteiger partial charge >= 0.3 is 0 Å². The molecule has 1 nitrogen and oxygen atoms in total. The molecule has 0 fully saturated rings. The van der Waals surface area contributed by atoms with E-state index in [0.29, 0.717) is 5.88 Å². The monoisotopic (exact) mass is 348 g/mol. The van der Waals surface area contributed by atoms with Gasteiger partial charge in [-0.15, -0.1) is 11.6 Å². The quantitative estimate of drug-likeness (QED) is 0.376. The van der Waals surface area contributed by atoms with Crippen LogP contribution in [0, 0.1) is 0 Å². The molecule has 0 aliphatic heterocycles. The van der Waals surface area contributed by atoms with E-state index in [1.807, 2.05) is 24.3 Å². The molecule has 0 aliphatic rings. The first kappa shape index (κ1) is 17.3. The zero-order chi connectivity index (χ0) is 17.5. The molecule has 2 heteroatoms. The highest BCUT2D eigenvalue weighted by Gasteiger charge is 2.13. The predicted molar refractivity (Wildman–Crippen MR) is 107 cm³/mol. The number of hydrogen-bond donors (Lipinski definition) is 0. The topological polar surface area (TPSA) is 9.23 Å². The molecule has 0 saturated carbocycles. The fourth-order valence-electron chi connectivity index (χ4n) is 3.03. The molecule has 3 aromatic rings. The number of methoxy groups -OCH3 is 1. The van der Waals surface area contributed by atoms with Crippen molar-refractivity contribution in [1.82, 2.24) is 0 Å². The number of halogens is 1. The molecule has 0 atom stereocenters. The summed E-state index contributed by atoms with van der Waals surface area (Å²) in [5.41, 5.74) is 6.03. The summed E-state index contributed by atoms with van der Waals surface area (Å²) in [6, 6.07) is 29.2. The third-order valence-electron chi connectivity index (χ3n) is 4.21.